The average molecular weight is 350 g/mol. The first-order valence-electron chi connectivity index (χ1n) is 7.32. The number of benzene rings is 1. The Bertz CT molecular complexity index is 854. The van der Waals surface area contributed by atoms with Crippen molar-refractivity contribution in [3.63, 3.8) is 0 Å². The Morgan fingerprint density at radius 3 is 2.65 bits per heavy atom. The fourth-order valence-corrected chi connectivity index (χ4v) is 4.68. The Labute approximate surface area is 140 Å². The van der Waals surface area contributed by atoms with Gasteiger partial charge in [-0.1, -0.05) is 6.07 Å². The summed E-state index contributed by atoms with van der Waals surface area (Å²) in [5.41, 5.74) is 3.38. The van der Waals surface area contributed by atoms with Crippen molar-refractivity contribution in [1.29, 1.82) is 0 Å². The Kier molecular flexibility index (Phi) is 4.27. The van der Waals surface area contributed by atoms with E-state index in [1.165, 1.54) is 36.7 Å². The van der Waals surface area contributed by atoms with Gasteiger partial charge in [-0.25, -0.2) is 12.7 Å². The molecule has 0 aliphatic heterocycles. The number of hydrogen-bond acceptors (Lipinski definition) is 4. The van der Waals surface area contributed by atoms with E-state index < -0.39 is 10.0 Å². The number of nitrogens with zero attached hydrogens (tertiary/aromatic N) is 1. The first-order valence-corrected chi connectivity index (χ1v) is 9.64. The van der Waals surface area contributed by atoms with Crippen LogP contribution in [0.3, 0.4) is 0 Å². The SMILES string of the molecule is CN(C)S(=O)(=O)c1csc(C(=O)Nc2ccc3c(c2)CCC3)c1. The molecule has 1 N–H and O–H groups in total. The van der Waals surface area contributed by atoms with E-state index >= 15 is 0 Å². The van der Waals surface area contributed by atoms with Gasteiger partial charge in [-0.3, -0.25) is 4.79 Å². The van der Waals surface area contributed by atoms with Gasteiger partial charge in [0.05, 0.1) is 9.77 Å². The molecule has 1 aromatic heterocycles. The van der Waals surface area contributed by atoms with Gasteiger partial charge in [0.1, 0.15) is 0 Å². The van der Waals surface area contributed by atoms with Crippen LogP contribution >= 0.6 is 11.3 Å². The van der Waals surface area contributed by atoms with Gasteiger partial charge in [-0.2, -0.15) is 0 Å². The lowest BCUT2D eigenvalue weighted by atomic mass is 10.1. The standard InChI is InChI=1S/C16H18N2O3S2/c1-18(2)23(20,21)14-9-15(22-10-14)16(19)17-13-7-6-11-4-3-5-12(11)8-13/h6-10H,3-5H2,1-2H3,(H,17,19). The van der Waals surface area contributed by atoms with Crippen LogP contribution in [0.5, 0.6) is 0 Å². The zero-order valence-corrected chi connectivity index (χ0v) is 14.6. The van der Waals surface area contributed by atoms with Crippen molar-refractivity contribution < 1.29 is 13.2 Å². The number of thiophene rings is 1. The van der Waals surface area contributed by atoms with Crippen molar-refractivity contribution in [2.75, 3.05) is 19.4 Å². The summed E-state index contributed by atoms with van der Waals surface area (Å²) in [4.78, 5) is 12.8. The minimum absolute atomic E-state index is 0.145. The summed E-state index contributed by atoms with van der Waals surface area (Å²) >= 11 is 1.13. The second-order valence-corrected chi connectivity index (χ2v) is 8.79. The quantitative estimate of drug-likeness (QED) is 0.922. The number of hydrogen-bond donors (Lipinski definition) is 1. The summed E-state index contributed by atoms with van der Waals surface area (Å²) < 4.78 is 25.2. The molecule has 0 radical (unpaired) electrons. The van der Waals surface area contributed by atoms with E-state index in [9.17, 15) is 13.2 Å². The number of carbonyl (C=O) groups excluding carboxylic acids is 1. The molecule has 1 aromatic carbocycles. The summed E-state index contributed by atoms with van der Waals surface area (Å²) in [6, 6.07) is 7.37. The van der Waals surface area contributed by atoms with Crippen molar-refractivity contribution in [2.45, 2.75) is 24.2 Å². The predicted octanol–water partition coefficient (Wildman–Crippen LogP) is 2.74. The molecule has 2 aromatic rings. The summed E-state index contributed by atoms with van der Waals surface area (Å²) in [6.45, 7) is 0. The molecule has 122 valence electrons. The molecular formula is C16H18N2O3S2. The van der Waals surface area contributed by atoms with Crippen LogP contribution in [0.25, 0.3) is 0 Å². The van der Waals surface area contributed by atoms with Crippen LogP contribution in [-0.2, 0) is 22.9 Å². The lowest BCUT2D eigenvalue weighted by molar-refractivity contribution is 0.103. The lowest BCUT2D eigenvalue weighted by Crippen LogP contribution is -2.21. The average Bonchev–Trinajstić information content (AvgIpc) is 3.16. The van der Waals surface area contributed by atoms with Crippen molar-refractivity contribution in [3.8, 4) is 0 Å². The molecule has 0 spiro atoms. The zero-order chi connectivity index (χ0) is 16.6. The van der Waals surface area contributed by atoms with E-state index in [4.69, 9.17) is 0 Å². The molecular weight excluding hydrogens is 332 g/mol. The second-order valence-electron chi connectivity index (χ2n) is 5.73. The summed E-state index contributed by atoms with van der Waals surface area (Å²) in [6.07, 6.45) is 3.30. The maximum Gasteiger partial charge on any atom is 0.265 e. The third-order valence-corrected chi connectivity index (χ3v) is 6.81. The molecule has 1 heterocycles. The number of nitrogens with one attached hydrogen (secondary N) is 1. The van der Waals surface area contributed by atoms with Gasteiger partial charge in [0, 0.05) is 25.2 Å². The van der Waals surface area contributed by atoms with Crippen molar-refractivity contribution in [2.24, 2.45) is 0 Å². The number of amides is 1. The van der Waals surface area contributed by atoms with E-state index in [-0.39, 0.29) is 10.8 Å². The Morgan fingerprint density at radius 1 is 1.17 bits per heavy atom. The van der Waals surface area contributed by atoms with E-state index in [1.54, 1.807) is 0 Å². The van der Waals surface area contributed by atoms with Crippen LogP contribution in [-0.4, -0.2) is 32.7 Å². The third kappa shape index (κ3) is 3.17. The molecule has 0 saturated heterocycles. The predicted molar refractivity (Wildman–Crippen MR) is 91.6 cm³/mol. The first-order chi connectivity index (χ1) is 10.9. The highest BCUT2D eigenvalue weighted by molar-refractivity contribution is 7.89. The Balaban J connectivity index is 1.78. The number of aryl methyl sites for hydroxylation is 2. The van der Waals surface area contributed by atoms with Gasteiger partial charge < -0.3 is 5.32 Å². The number of rotatable bonds is 4. The van der Waals surface area contributed by atoms with E-state index in [2.05, 4.69) is 5.32 Å². The van der Waals surface area contributed by atoms with Crippen LogP contribution in [0, 0.1) is 0 Å². The zero-order valence-electron chi connectivity index (χ0n) is 13.0. The number of carbonyl (C=O) groups is 1. The molecule has 0 fully saturated rings. The Hall–Kier alpha value is -1.70. The highest BCUT2D eigenvalue weighted by Crippen LogP contribution is 2.26. The smallest absolute Gasteiger partial charge is 0.265 e. The number of sulfonamides is 1. The third-order valence-electron chi connectivity index (χ3n) is 3.93. The maximum absolute atomic E-state index is 12.3. The maximum atomic E-state index is 12.3. The topological polar surface area (TPSA) is 66.5 Å². The van der Waals surface area contributed by atoms with E-state index in [0.717, 1.165) is 40.6 Å². The van der Waals surface area contributed by atoms with Crippen molar-refractivity contribution in [1.82, 2.24) is 4.31 Å². The van der Waals surface area contributed by atoms with Crippen LogP contribution in [0.15, 0.2) is 34.5 Å². The van der Waals surface area contributed by atoms with Gasteiger partial charge in [0.15, 0.2) is 0 Å². The summed E-state index contributed by atoms with van der Waals surface area (Å²) in [7, 11) is -0.568. The fourth-order valence-electron chi connectivity index (χ4n) is 2.63. The molecule has 3 rings (SSSR count). The van der Waals surface area contributed by atoms with Gasteiger partial charge in [-0.05, 0) is 48.6 Å². The van der Waals surface area contributed by atoms with Crippen LogP contribution in [0.4, 0.5) is 5.69 Å². The summed E-state index contributed by atoms with van der Waals surface area (Å²) in [5, 5.41) is 4.34. The highest BCUT2D eigenvalue weighted by atomic mass is 32.2. The molecule has 5 nitrogen and oxygen atoms in total. The van der Waals surface area contributed by atoms with Crippen molar-refractivity contribution >= 4 is 33.0 Å². The molecule has 23 heavy (non-hydrogen) atoms. The van der Waals surface area contributed by atoms with E-state index in [0.29, 0.717) is 4.88 Å². The number of fused-ring (bicyclic) bond motifs is 1. The minimum atomic E-state index is -3.51. The fraction of sp³-hybridized carbons (Fsp3) is 0.312. The molecule has 1 aliphatic rings. The Morgan fingerprint density at radius 2 is 1.91 bits per heavy atom. The first kappa shape index (κ1) is 16.2. The second kappa shape index (κ2) is 6.07. The molecule has 1 aliphatic carbocycles. The van der Waals surface area contributed by atoms with Gasteiger partial charge in [0.25, 0.3) is 5.91 Å². The molecule has 0 bridgehead atoms. The minimum Gasteiger partial charge on any atom is -0.321 e. The van der Waals surface area contributed by atoms with Crippen LogP contribution in [0.2, 0.25) is 0 Å². The molecule has 1 amide bonds. The monoisotopic (exact) mass is 350 g/mol. The van der Waals surface area contributed by atoms with Gasteiger partial charge in [0.2, 0.25) is 10.0 Å². The van der Waals surface area contributed by atoms with Gasteiger partial charge >= 0.3 is 0 Å². The molecule has 0 unspecified atom stereocenters. The molecule has 0 atom stereocenters. The summed E-state index contributed by atoms with van der Waals surface area (Å²) in [5.74, 6) is -0.284. The normalized spacial score (nSPS) is 14.0. The highest BCUT2D eigenvalue weighted by Gasteiger charge is 2.21. The molecule has 0 saturated carbocycles. The largest absolute Gasteiger partial charge is 0.321 e. The molecule has 7 heteroatoms. The lowest BCUT2D eigenvalue weighted by Gasteiger charge is -2.08. The van der Waals surface area contributed by atoms with E-state index in [1.807, 2.05) is 18.2 Å². The van der Waals surface area contributed by atoms with Crippen LogP contribution in [0.1, 0.15) is 27.2 Å². The van der Waals surface area contributed by atoms with Gasteiger partial charge in [-0.15, -0.1) is 11.3 Å². The van der Waals surface area contributed by atoms with Crippen LogP contribution < -0.4 is 5.32 Å². The van der Waals surface area contributed by atoms with Crippen molar-refractivity contribution in [3.05, 3.63) is 45.6 Å². The number of anilines is 1.